The van der Waals surface area contributed by atoms with E-state index in [2.05, 4.69) is 27.7 Å². The minimum atomic E-state index is -4.20. The monoisotopic (exact) mass is 448 g/mol. The van der Waals surface area contributed by atoms with Crippen molar-refractivity contribution in [3.05, 3.63) is 18.2 Å². The molecule has 0 fully saturated rings. The molecule has 0 saturated heterocycles. The summed E-state index contributed by atoms with van der Waals surface area (Å²) in [6, 6.07) is 3.57. The number of benzene rings is 1. The van der Waals surface area contributed by atoms with E-state index in [4.69, 9.17) is 3.97 Å². The van der Waals surface area contributed by atoms with E-state index in [0.29, 0.717) is 0 Å². The van der Waals surface area contributed by atoms with Crippen LogP contribution >= 0.6 is 6.83 Å². The molecule has 29 heavy (non-hydrogen) atoms. The van der Waals surface area contributed by atoms with Gasteiger partial charge in [-0.1, -0.05) is 0 Å². The summed E-state index contributed by atoms with van der Waals surface area (Å²) in [6.45, 7) is 5.43. The van der Waals surface area contributed by atoms with Crippen LogP contribution in [0.5, 0.6) is 11.5 Å². The van der Waals surface area contributed by atoms with Gasteiger partial charge >= 0.3 is 178 Å². The third-order valence-corrected chi connectivity index (χ3v) is 15.0. The first kappa shape index (κ1) is 26.2. The molecule has 0 unspecified atom stereocenters. The summed E-state index contributed by atoms with van der Waals surface area (Å²) in [5.74, 6) is -0.578. The zero-order valence-electron chi connectivity index (χ0n) is 18.7. The van der Waals surface area contributed by atoms with Gasteiger partial charge < -0.3 is 0 Å². The van der Waals surface area contributed by atoms with E-state index in [1.54, 1.807) is 0 Å². The predicted octanol–water partition coefficient (Wildman–Crippen LogP) is 6.47. The van der Waals surface area contributed by atoms with Crippen LogP contribution in [0.3, 0.4) is 0 Å². The Labute approximate surface area is 178 Å². The molecule has 1 aromatic rings. The molecule has 5 nitrogen and oxygen atoms in total. The topological polar surface area (TPSA) is 83.8 Å². The minimum absolute atomic E-state index is 0.200. The van der Waals surface area contributed by atoms with Gasteiger partial charge in [0, 0.05) is 0 Å². The summed E-state index contributed by atoms with van der Waals surface area (Å²) < 4.78 is 33.2. The second-order valence-corrected chi connectivity index (χ2v) is 15.8. The summed E-state index contributed by atoms with van der Waals surface area (Å²) in [5, 5.41) is 20.0. The van der Waals surface area contributed by atoms with Crippen molar-refractivity contribution in [3.63, 3.8) is 0 Å². The molecular weight excluding hydrogens is 407 g/mol. The van der Waals surface area contributed by atoms with Gasteiger partial charge in [0.1, 0.15) is 0 Å². The van der Waals surface area contributed by atoms with E-state index in [1.807, 2.05) is 0 Å². The van der Waals surface area contributed by atoms with E-state index >= 15 is 0 Å². The molecule has 1 aromatic carbocycles. The predicted molar refractivity (Wildman–Crippen MR) is 124 cm³/mol. The molecule has 0 aliphatic carbocycles. The van der Waals surface area contributed by atoms with Gasteiger partial charge in [-0.15, -0.1) is 0 Å². The normalized spacial score (nSPS) is 13.9. The van der Waals surface area contributed by atoms with Crippen molar-refractivity contribution in [1.82, 2.24) is 0 Å². The second kappa shape index (κ2) is 11.5. The molecule has 0 heterocycles. The number of phenolic OH excluding ortho intramolecular Hbond substituents is 2. The zero-order valence-corrected chi connectivity index (χ0v) is 20.4. The van der Waals surface area contributed by atoms with E-state index in [1.165, 1.54) is 12.1 Å². The van der Waals surface area contributed by atoms with Crippen molar-refractivity contribution in [2.45, 2.75) is 84.0 Å². The molecule has 170 valence electrons. The number of unbranched alkanes of at least 4 members (excludes halogenated alkanes) is 4. The van der Waals surface area contributed by atoms with Crippen molar-refractivity contribution in [1.29, 1.82) is 0 Å². The molecule has 0 aromatic heterocycles. The average molecular weight is 449 g/mol. The first-order valence-corrected chi connectivity index (χ1v) is 15.5. The summed E-state index contributed by atoms with van der Waals surface area (Å²) in [5.41, 5.74) is 0. The van der Waals surface area contributed by atoms with Gasteiger partial charge in [0.2, 0.25) is 0 Å². The summed E-state index contributed by atoms with van der Waals surface area (Å²) in [7, 11) is -4.20. The Balaban J connectivity index is 3.57. The SMILES string of the molecule is CCCCP(CCCC)(CCCC)(CCCC)OS(=O)(=O)c1cc(O)ccc1O. The summed E-state index contributed by atoms with van der Waals surface area (Å²) in [6.07, 6.45) is 10.9. The molecule has 0 amide bonds. The standard InChI is InChI=1S/C22H41O5PS/c1-5-9-15-28(16-10-6-2,17-11-7-3,18-12-8-4)27-29(25,26)22-19-20(23)13-14-21(22)24/h13-14,19,23-24H,5-12,15-18H2,1-4H3. The van der Waals surface area contributed by atoms with Crippen molar-refractivity contribution in [3.8, 4) is 11.5 Å². The van der Waals surface area contributed by atoms with Gasteiger partial charge in [-0.25, -0.2) is 0 Å². The Bertz CT molecular complexity index is 689. The molecule has 7 heteroatoms. The van der Waals surface area contributed by atoms with Crippen molar-refractivity contribution in [2.75, 3.05) is 24.6 Å². The number of hydrogen-bond acceptors (Lipinski definition) is 5. The van der Waals surface area contributed by atoms with Gasteiger partial charge in [0.15, 0.2) is 0 Å². The molecule has 0 aliphatic heterocycles. The Kier molecular flexibility index (Phi) is 10.4. The molecule has 0 saturated carbocycles. The first-order chi connectivity index (χ1) is 13.7. The fourth-order valence-corrected chi connectivity index (χ4v) is 14.2. The maximum absolute atomic E-state index is 13.4. The zero-order chi connectivity index (χ0) is 22.0. The van der Waals surface area contributed by atoms with Crippen LogP contribution in [0, 0.1) is 0 Å². The summed E-state index contributed by atoms with van der Waals surface area (Å²) in [4.78, 5) is -0.326. The van der Waals surface area contributed by atoms with E-state index < -0.39 is 16.9 Å². The average Bonchev–Trinajstić information content (AvgIpc) is 2.69. The molecule has 0 atom stereocenters. The van der Waals surface area contributed by atoms with Crippen molar-refractivity contribution in [2.24, 2.45) is 0 Å². The van der Waals surface area contributed by atoms with Crippen molar-refractivity contribution >= 4 is 16.9 Å². The molecule has 0 aliphatic rings. The van der Waals surface area contributed by atoms with E-state index in [-0.39, 0.29) is 16.4 Å². The van der Waals surface area contributed by atoms with Gasteiger partial charge in [-0.05, 0) is 0 Å². The molecule has 0 spiro atoms. The number of hydrogen-bond donors (Lipinski definition) is 2. The molecule has 2 N–H and O–H groups in total. The quantitative estimate of drug-likeness (QED) is 0.237. The Morgan fingerprint density at radius 3 is 1.59 bits per heavy atom. The van der Waals surface area contributed by atoms with Crippen LogP contribution < -0.4 is 0 Å². The van der Waals surface area contributed by atoms with Crippen molar-refractivity contribution < 1.29 is 22.6 Å². The van der Waals surface area contributed by atoms with Crippen LogP contribution in [0.4, 0.5) is 0 Å². The first-order valence-electron chi connectivity index (χ1n) is 11.2. The number of aromatic hydroxyl groups is 2. The fourth-order valence-electron chi connectivity index (χ4n) is 4.07. The second-order valence-electron chi connectivity index (χ2n) is 8.35. The number of phenols is 2. The van der Waals surface area contributed by atoms with E-state index in [9.17, 15) is 18.6 Å². The third kappa shape index (κ3) is 7.11. The maximum atomic E-state index is 13.4. The third-order valence-electron chi connectivity index (χ3n) is 5.83. The molecule has 1 rings (SSSR count). The van der Waals surface area contributed by atoms with Gasteiger partial charge in [0.05, 0.1) is 0 Å². The van der Waals surface area contributed by atoms with Crippen LogP contribution in [-0.4, -0.2) is 43.3 Å². The Hall–Kier alpha value is -0.840. The van der Waals surface area contributed by atoms with Crippen LogP contribution in [0.2, 0.25) is 0 Å². The van der Waals surface area contributed by atoms with E-state index in [0.717, 1.165) is 82.1 Å². The summed E-state index contributed by atoms with van der Waals surface area (Å²) >= 11 is 0. The molecule has 0 radical (unpaired) electrons. The molecular formula is C22H41O5PS. The van der Waals surface area contributed by atoms with Gasteiger partial charge in [0.25, 0.3) is 0 Å². The van der Waals surface area contributed by atoms with Crippen LogP contribution in [-0.2, 0) is 14.1 Å². The van der Waals surface area contributed by atoms with Crippen LogP contribution in [0.1, 0.15) is 79.1 Å². The fraction of sp³-hybridized carbons (Fsp3) is 0.727. The Morgan fingerprint density at radius 1 is 0.793 bits per heavy atom. The molecule has 0 bridgehead atoms. The van der Waals surface area contributed by atoms with Crippen LogP contribution in [0.15, 0.2) is 23.1 Å². The van der Waals surface area contributed by atoms with Gasteiger partial charge in [-0.3, -0.25) is 0 Å². The Morgan fingerprint density at radius 2 is 1.21 bits per heavy atom. The van der Waals surface area contributed by atoms with Gasteiger partial charge in [-0.2, -0.15) is 0 Å². The number of rotatable bonds is 15. The van der Waals surface area contributed by atoms with Crippen LogP contribution in [0.25, 0.3) is 0 Å².